The van der Waals surface area contributed by atoms with Crippen molar-refractivity contribution in [2.75, 3.05) is 12.3 Å². The van der Waals surface area contributed by atoms with Crippen LogP contribution in [0.25, 0.3) is 0 Å². The van der Waals surface area contributed by atoms with Crippen LogP contribution < -0.4 is 5.32 Å². The van der Waals surface area contributed by atoms with Gasteiger partial charge in [-0.1, -0.05) is 102 Å². The summed E-state index contributed by atoms with van der Waals surface area (Å²) in [6.07, 6.45) is 2.20. The van der Waals surface area contributed by atoms with Crippen LogP contribution >= 0.6 is 58.2 Å². The zero-order valence-corrected chi connectivity index (χ0v) is 24.9. The molecule has 9 heteroatoms. The van der Waals surface area contributed by atoms with Gasteiger partial charge in [0.1, 0.15) is 6.04 Å². The number of nitrogens with zero attached hydrogens (tertiary/aromatic N) is 1. The van der Waals surface area contributed by atoms with Crippen molar-refractivity contribution in [3.63, 3.8) is 0 Å². The van der Waals surface area contributed by atoms with Gasteiger partial charge in [0, 0.05) is 35.3 Å². The average molecular weight is 612 g/mol. The van der Waals surface area contributed by atoms with E-state index < -0.39 is 6.04 Å². The molecule has 0 saturated heterocycles. The molecule has 0 radical (unpaired) electrons. The Morgan fingerprint density at radius 3 is 2.24 bits per heavy atom. The van der Waals surface area contributed by atoms with Crippen molar-refractivity contribution < 1.29 is 9.59 Å². The first-order valence-electron chi connectivity index (χ1n) is 12.4. The highest BCUT2D eigenvalue weighted by atomic mass is 35.5. The number of carbonyl (C=O) groups excluding carboxylic acids is 2. The molecule has 1 N–H and O–H groups in total. The van der Waals surface area contributed by atoms with Crippen molar-refractivity contribution in [3.05, 3.63) is 104 Å². The van der Waals surface area contributed by atoms with E-state index in [2.05, 4.69) is 12.2 Å². The van der Waals surface area contributed by atoms with Gasteiger partial charge >= 0.3 is 0 Å². The molecule has 1 atom stereocenters. The number of carbonyl (C=O) groups is 2. The molecule has 3 aromatic carbocycles. The smallest absolute Gasteiger partial charge is 0.243 e. The topological polar surface area (TPSA) is 49.4 Å². The second-order valence-corrected chi connectivity index (χ2v) is 11.4. The van der Waals surface area contributed by atoms with Gasteiger partial charge in [0.15, 0.2) is 0 Å². The summed E-state index contributed by atoms with van der Waals surface area (Å²) in [6, 6.07) is 19.6. The first kappa shape index (κ1) is 30.6. The van der Waals surface area contributed by atoms with Crippen molar-refractivity contribution in [1.29, 1.82) is 0 Å². The number of hydrogen-bond acceptors (Lipinski definition) is 3. The van der Waals surface area contributed by atoms with E-state index in [-0.39, 0.29) is 24.1 Å². The van der Waals surface area contributed by atoms with Crippen LogP contribution in [0.2, 0.25) is 20.1 Å². The molecule has 0 aliphatic rings. The standard InChI is InChI=1S/C29H30Cl4N2O2S/c1-2-3-14-34-29(37)27(16-20-8-5-4-6-9-20)35(17-21-12-13-25(32)26(33)15-21)28(36)19-38-18-22-23(30)10-7-11-24(22)31/h4-13,15,27H,2-3,14,16-19H2,1H3,(H,34,37)/t27-/m1/s1. The minimum atomic E-state index is -0.708. The van der Waals surface area contributed by atoms with E-state index in [0.717, 1.165) is 29.5 Å². The number of thioether (sulfide) groups is 1. The molecule has 0 aliphatic carbocycles. The zero-order valence-electron chi connectivity index (χ0n) is 21.1. The van der Waals surface area contributed by atoms with E-state index >= 15 is 0 Å². The largest absolute Gasteiger partial charge is 0.354 e. The van der Waals surface area contributed by atoms with E-state index in [0.29, 0.717) is 38.8 Å². The maximum absolute atomic E-state index is 13.7. The molecule has 0 bridgehead atoms. The monoisotopic (exact) mass is 610 g/mol. The van der Waals surface area contributed by atoms with E-state index in [9.17, 15) is 9.59 Å². The molecule has 202 valence electrons. The highest BCUT2D eigenvalue weighted by molar-refractivity contribution is 7.99. The van der Waals surface area contributed by atoms with Crippen LogP contribution in [0, 0.1) is 0 Å². The fourth-order valence-corrected chi connectivity index (χ4v) is 5.86. The molecule has 0 spiro atoms. The van der Waals surface area contributed by atoms with Crippen molar-refractivity contribution in [1.82, 2.24) is 10.2 Å². The zero-order chi connectivity index (χ0) is 27.5. The van der Waals surface area contributed by atoms with Crippen molar-refractivity contribution in [3.8, 4) is 0 Å². The van der Waals surface area contributed by atoms with Crippen LogP contribution in [0.4, 0.5) is 0 Å². The normalized spacial score (nSPS) is 11.7. The highest BCUT2D eigenvalue weighted by Gasteiger charge is 2.30. The quantitative estimate of drug-likeness (QED) is 0.199. The van der Waals surface area contributed by atoms with E-state index in [1.807, 2.05) is 36.4 Å². The molecule has 38 heavy (non-hydrogen) atoms. The fraction of sp³-hybridized carbons (Fsp3) is 0.310. The third kappa shape index (κ3) is 9.10. The lowest BCUT2D eigenvalue weighted by atomic mass is 10.0. The van der Waals surface area contributed by atoms with E-state index in [4.69, 9.17) is 46.4 Å². The van der Waals surface area contributed by atoms with Gasteiger partial charge in [-0.3, -0.25) is 9.59 Å². The van der Waals surface area contributed by atoms with Crippen LogP contribution in [0.3, 0.4) is 0 Å². The van der Waals surface area contributed by atoms with Gasteiger partial charge in [0.25, 0.3) is 0 Å². The number of halogens is 4. The van der Waals surface area contributed by atoms with Gasteiger partial charge < -0.3 is 10.2 Å². The molecule has 2 amide bonds. The molecule has 0 heterocycles. The molecule has 0 fully saturated rings. The second kappa shape index (κ2) is 15.6. The SMILES string of the molecule is CCCCNC(=O)[C@@H](Cc1ccccc1)N(Cc1ccc(Cl)c(Cl)c1)C(=O)CSCc1c(Cl)cccc1Cl. The van der Waals surface area contributed by atoms with Gasteiger partial charge in [-0.2, -0.15) is 0 Å². The predicted octanol–water partition coefficient (Wildman–Crippen LogP) is 8.09. The minimum absolute atomic E-state index is 0.149. The van der Waals surface area contributed by atoms with Gasteiger partial charge in [-0.25, -0.2) is 0 Å². The molecule has 0 unspecified atom stereocenters. The van der Waals surface area contributed by atoms with E-state index in [1.165, 1.54) is 11.8 Å². The fourth-order valence-electron chi connectivity index (χ4n) is 3.89. The number of rotatable bonds is 13. The van der Waals surface area contributed by atoms with Crippen LogP contribution in [0.5, 0.6) is 0 Å². The van der Waals surface area contributed by atoms with Crippen molar-refractivity contribution in [2.24, 2.45) is 0 Å². The molecule has 3 rings (SSSR count). The number of hydrogen-bond donors (Lipinski definition) is 1. The lowest BCUT2D eigenvalue weighted by Gasteiger charge is -2.31. The summed E-state index contributed by atoms with van der Waals surface area (Å²) in [5.74, 6) is 0.263. The third-order valence-electron chi connectivity index (χ3n) is 5.97. The second-order valence-electron chi connectivity index (χ2n) is 8.81. The van der Waals surface area contributed by atoms with Crippen LogP contribution in [0.1, 0.15) is 36.5 Å². The first-order chi connectivity index (χ1) is 18.3. The Balaban J connectivity index is 1.87. The number of nitrogens with one attached hydrogen (secondary N) is 1. The molecule has 4 nitrogen and oxygen atoms in total. The van der Waals surface area contributed by atoms with Crippen molar-refractivity contribution >= 4 is 70.0 Å². The first-order valence-corrected chi connectivity index (χ1v) is 15.0. The summed E-state index contributed by atoms with van der Waals surface area (Å²) < 4.78 is 0. The number of amides is 2. The predicted molar refractivity (Wildman–Crippen MR) is 161 cm³/mol. The molecule has 3 aromatic rings. The Morgan fingerprint density at radius 1 is 0.868 bits per heavy atom. The third-order valence-corrected chi connectivity index (χ3v) is 8.36. The summed E-state index contributed by atoms with van der Waals surface area (Å²) in [5, 5.41) is 4.96. The van der Waals surface area contributed by atoms with Crippen LogP contribution in [-0.2, 0) is 28.3 Å². The summed E-state index contributed by atoms with van der Waals surface area (Å²) >= 11 is 26.4. The summed E-state index contributed by atoms with van der Waals surface area (Å²) in [6.45, 7) is 2.83. The van der Waals surface area contributed by atoms with Gasteiger partial charge in [-0.15, -0.1) is 11.8 Å². The Kier molecular flexibility index (Phi) is 12.6. The minimum Gasteiger partial charge on any atom is -0.354 e. The van der Waals surface area contributed by atoms with Gasteiger partial charge in [-0.05, 0) is 47.4 Å². The van der Waals surface area contributed by atoms with E-state index in [1.54, 1.807) is 35.2 Å². The summed E-state index contributed by atoms with van der Waals surface area (Å²) in [4.78, 5) is 28.8. The maximum Gasteiger partial charge on any atom is 0.243 e. The summed E-state index contributed by atoms with van der Waals surface area (Å²) in [5.41, 5.74) is 2.53. The molecular formula is C29H30Cl4N2O2S. The Morgan fingerprint density at radius 2 is 1.58 bits per heavy atom. The molecule has 0 aromatic heterocycles. The molecular weight excluding hydrogens is 582 g/mol. The Bertz CT molecular complexity index is 1210. The van der Waals surface area contributed by atoms with Gasteiger partial charge in [0.05, 0.1) is 15.8 Å². The van der Waals surface area contributed by atoms with Gasteiger partial charge in [0.2, 0.25) is 11.8 Å². The maximum atomic E-state index is 13.7. The number of unbranched alkanes of at least 4 members (excludes halogenated alkanes) is 1. The average Bonchev–Trinajstić information content (AvgIpc) is 2.90. The lowest BCUT2D eigenvalue weighted by molar-refractivity contribution is -0.139. The molecule has 0 saturated carbocycles. The number of benzene rings is 3. The van der Waals surface area contributed by atoms with Crippen LogP contribution in [-0.4, -0.2) is 35.1 Å². The lowest BCUT2D eigenvalue weighted by Crippen LogP contribution is -2.51. The molecule has 0 aliphatic heterocycles. The Hall–Kier alpha value is -1.89. The van der Waals surface area contributed by atoms with Crippen LogP contribution in [0.15, 0.2) is 66.7 Å². The Labute approximate surface area is 249 Å². The summed E-state index contributed by atoms with van der Waals surface area (Å²) in [7, 11) is 0. The highest BCUT2D eigenvalue weighted by Crippen LogP contribution is 2.29. The van der Waals surface area contributed by atoms with Crippen molar-refractivity contribution in [2.45, 2.75) is 44.5 Å².